The molecule has 112 valence electrons. The van der Waals surface area contributed by atoms with Gasteiger partial charge in [-0.2, -0.15) is 5.10 Å². The van der Waals surface area contributed by atoms with E-state index in [1.807, 2.05) is 6.92 Å². The third kappa shape index (κ3) is 2.27. The highest BCUT2D eigenvalue weighted by molar-refractivity contribution is 7.18. The van der Waals surface area contributed by atoms with Gasteiger partial charge in [0.25, 0.3) is 0 Å². The SMILES string of the molecule is Cc1nc2cc(C#Cc3[nH]nc4ncnc(N)c34)c(F)cc2s1. The van der Waals surface area contributed by atoms with Gasteiger partial charge in [0, 0.05) is 0 Å². The molecule has 0 aliphatic rings. The predicted octanol–water partition coefficient (Wildman–Crippen LogP) is 2.39. The van der Waals surface area contributed by atoms with E-state index in [0.717, 1.165) is 15.2 Å². The number of nitrogens with zero attached hydrogens (tertiary/aromatic N) is 4. The molecular formula is C15H9FN6S. The van der Waals surface area contributed by atoms with E-state index in [1.54, 1.807) is 6.07 Å². The minimum Gasteiger partial charge on any atom is -0.383 e. The van der Waals surface area contributed by atoms with Crippen molar-refractivity contribution < 1.29 is 4.39 Å². The summed E-state index contributed by atoms with van der Waals surface area (Å²) < 4.78 is 15.0. The summed E-state index contributed by atoms with van der Waals surface area (Å²) in [4.78, 5) is 12.3. The van der Waals surface area contributed by atoms with Gasteiger partial charge in [-0.1, -0.05) is 5.92 Å². The van der Waals surface area contributed by atoms with Crippen LogP contribution in [0.1, 0.15) is 16.3 Å². The zero-order valence-electron chi connectivity index (χ0n) is 11.9. The van der Waals surface area contributed by atoms with E-state index in [0.29, 0.717) is 16.7 Å². The fourth-order valence-corrected chi connectivity index (χ4v) is 3.09. The van der Waals surface area contributed by atoms with Crippen molar-refractivity contribution in [3.63, 3.8) is 0 Å². The number of nitrogens with two attached hydrogens (primary N) is 1. The van der Waals surface area contributed by atoms with E-state index in [-0.39, 0.29) is 17.2 Å². The number of fused-ring (bicyclic) bond motifs is 2. The maximum absolute atomic E-state index is 14.2. The maximum atomic E-state index is 14.2. The lowest BCUT2D eigenvalue weighted by Crippen LogP contribution is -1.92. The Kier molecular flexibility index (Phi) is 2.96. The number of aromatic amines is 1. The molecule has 0 atom stereocenters. The number of benzene rings is 1. The number of hydrogen-bond acceptors (Lipinski definition) is 6. The largest absolute Gasteiger partial charge is 0.383 e. The lowest BCUT2D eigenvalue weighted by Gasteiger charge is -1.95. The maximum Gasteiger partial charge on any atom is 0.187 e. The predicted molar refractivity (Wildman–Crippen MR) is 86.4 cm³/mol. The highest BCUT2D eigenvalue weighted by Crippen LogP contribution is 2.24. The molecule has 4 rings (SSSR count). The lowest BCUT2D eigenvalue weighted by atomic mass is 10.2. The molecule has 0 spiro atoms. The standard InChI is InChI=1S/C15H9FN6S/c1-7-20-11-4-8(9(16)5-12(11)23-7)2-3-10-13-14(17)18-6-19-15(13)22-21-10/h4-6H,1H3,(H3,17,18,19,21,22). The first-order chi connectivity index (χ1) is 11.1. The Morgan fingerprint density at radius 1 is 1.26 bits per heavy atom. The molecule has 0 saturated carbocycles. The van der Waals surface area contributed by atoms with Gasteiger partial charge in [-0.25, -0.2) is 19.3 Å². The van der Waals surface area contributed by atoms with Gasteiger partial charge in [-0.15, -0.1) is 11.3 Å². The molecule has 0 unspecified atom stereocenters. The summed E-state index contributed by atoms with van der Waals surface area (Å²) >= 11 is 1.45. The minimum atomic E-state index is -0.387. The van der Waals surface area contributed by atoms with Crippen LogP contribution in [0.4, 0.5) is 10.2 Å². The summed E-state index contributed by atoms with van der Waals surface area (Å²) in [6, 6.07) is 3.09. The highest BCUT2D eigenvalue weighted by Gasteiger charge is 2.09. The quantitative estimate of drug-likeness (QED) is 0.484. The number of nitrogen functional groups attached to an aromatic ring is 1. The summed E-state index contributed by atoms with van der Waals surface area (Å²) in [7, 11) is 0. The second-order valence-electron chi connectivity index (χ2n) is 4.84. The average Bonchev–Trinajstić information content (AvgIpc) is 3.08. The average molecular weight is 324 g/mol. The number of rotatable bonds is 0. The molecule has 8 heteroatoms. The van der Waals surface area contributed by atoms with E-state index in [4.69, 9.17) is 5.73 Å². The van der Waals surface area contributed by atoms with Gasteiger partial charge in [0.15, 0.2) is 5.65 Å². The van der Waals surface area contributed by atoms with E-state index in [2.05, 4.69) is 37.0 Å². The Labute approximate surface area is 133 Å². The van der Waals surface area contributed by atoms with Crippen LogP contribution in [0.5, 0.6) is 0 Å². The second kappa shape index (κ2) is 5.00. The number of hydrogen-bond donors (Lipinski definition) is 2. The Balaban J connectivity index is 1.84. The van der Waals surface area contributed by atoms with Crippen LogP contribution >= 0.6 is 11.3 Å². The van der Waals surface area contributed by atoms with Crippen LogP contribution < -0.4 is 5.73 Å². The molecule has 0 saturated heterocycles. The topological polar surface area (TPSA) is 93.4 Å². The summed E-state index contributed by atoms with van der Waals surface area (Å²) in [6.07, 6.45) is 1.33. The summed E-state index contributed by atoms with van der Waals surface area (Å²) in [6.45, 7) is 1.88. The normalized spacial score (nSPS) is 10.9. The van der Waals surface area contributed by atoms with Crippen LogP contribution in [0.25, 0.3) is 21.3 Å². The fourth-order valence-electron chi connectivity index (χ4n) is 2.26. The Morgan fingerprint density at radius 3 is 3.00 bits per heavy atom. The second-order valence-corrected chi connectivity index (χ2v) is 6.07. The number of H-pyrrole nitrogens is 1. The highest BCUT2D eigenvalue weighted by atomic mass is 32.1. The van der Waals surface area contributed by atoms with Gasteiger partial charge >= 0.3 is 0 Å². The molecular weight excluding hydrogens is 315 g/mol. The Bertz CT molecular complexity index is 1120. The van der Waals surface area contributed by atoms with Crippen molar-refractivity contribution in [3.05, 3.63) is 40.5 Å². The van der Waals surface area contributed by atoms with Gasteiger partial charge in [-0.3, -0.25) is 5.10 Å². The zero-order chi connectivity index (χ0) is 16.0. The van der Waals surface area contributed by atoms with Crippen LogP contribution in [0.15, 0.2) is 18.5 Å². The number of thiazole rings is 1. The Hall–Kier alpha value is -3.05. The van der Waals surface area contributed by atoms with E-state index in [1.165, 1.54) is 23.7 Å². The van der Waals surface area contributed by atoms with Gasteiger partial charge in [0.05, 0.1) is 26.2 Å². The van der Waals surface area contributed by atoms with Crippen molar-refractivity contribution in [2.24, 2.45) is 0 Å². The first-order valence-electron chi connectivity index (χ1n) is 6.65. The number of anilines is 1. The molecule has 3 aromatic heterocycles. The number of aromatic nitrogens is 5. The molecule has 0 bridgehead atoms. The lowest BCUT2D eigenvalue weighted by molar-refractivity contribution is 0.626. The molecule has 0 amide bonds. The molecule has 0 aliphatic heterocycles. The van der Waals surface area contributed by atoms with Crippen molar-refractivity contribution in [1.82, 2.24) is 25.1 Å². The molecule has 3 N–H and O–H groups in total. The van der Waals surface area contributed by atoms with Crippen molar-refractivity contribution in [2.45, 2.75) is 6.92 Å². The third-order valence-electron chi connectivity index (χ3n) is 3.29. The molecule has 1 aromatic carbocycles. The molecule has 4 aromatic rings. The first-order valence-corrected chi connectivity index (χ1v) is 7.47. The molecule has 0 aliphatic carbocycles. The minimum absolute atomic E-state index is 0.265. The van der Waals surface area contributed by atoms with Crippen LogP contribution in [0.3, 0.4) is 0 Å². The molecule has 0 radical (unpaired) electrons. The summed E-state index contributed by atoms with van der Waals surface area (Å²) in [5, 5.41) is 8.16. The molecule has 0 fully saturated rings. The zero-order valence-corrected chi connectivity index (χ0v) is 12.7. The molecule has 3 heterocycles. The van der Waals surface area contributed by atoms with Crippen molar-refractivity contribution in [3.8, 4) is 11.8 Å². The smallest absolute Gasteiger partial charge is 0.187 e. The molecule has 23 heavy (non-hydrogen) atoms. The summed E-state index contributed by atoms with van der Waals surface area (Å²) in [5.74, 6) is 5.53. The van der Waals surface area contributed by atoms with Crippen LogP contribution in [0, 0.1) is 24.6 Å². The molecule has 6 nitrogen and oxygen atoms in total. The van der Waals surface area contributed by atoms with Crippen molar-refractivity contribution >= 4 is 38.4 Å². The first kappa shape index (κ1) is 13.6. The van der Waals surface area contributed by atoms with E-state index in [9.17, 15) is 4.39 Å². The van der Waals surface area contributed by atoms with Gasteiger partial charge in [-0.05, 0) is 25.0 Å². The van der Waals surface area contributed by atoms with Crippen LogP contribution in [-0.2, 0) is 0 Å². The van der Waals surface area contributed by atoms with Gasteiger partial charge in [0.2, 0.25) is 0 Å². The van der Waals surface area contributed by atoms with Gasteiger partial charge < -0.3 is 5.73 Å². The number of aryl methyl sites for hydroxylation is 1. The van der Waals surface area contributed by atoms with Crippen LogP contribution in [0.2, 0.25) is 0 Å². The van der Waals surface area contributed by atoms with E-state index >= 15 is 0 Å². The Morgan fingerprint density at radius 2 is 2.13 bits per heavy atom. The monoisotopic (exact) mass is 324 g/mol. The van der Waals surface area contributed by atoms with Gasteiger partial charge in [0.1, 0.15) is 23.7 Å². The number of halogens is 1. The van der Waals surface area contributed by atoms with Crippen molar-refractivity contribution in [1.29, 1.82) is 0 Å². The van der Waals surface area contributed by atoms with Crippen molar-refractivity contribution in [2.75, 3.05) is 5.73 Å². The number of nitrogens with one attached hydrogen (secondary N) is 1. The van der Waals surface area contributed by atoms with Crippen LogP contribution in [-0.4, -0.2) is 25.1 Å². The van der Waals surface area contributed by atoms with E-state index < -0.39 is 0 Å². The summed E-state index contributed by atoms with van der Waals surface area (Å²) in [5.41, 5.74) is 7.69. The fraction of sp³-hybridized carbons (Fsp3) is 0.0667. The third-order valence-corrected chi connectivity index (χ3v) is 4.22.